The summed E-state index contributed by atoms with van der Waals surface area (Å²) in [4.78, 5) is 11.1. The third kappa shape index (κ3) is 2.22. The number of hydrogen-bond acceptors (Lipinski definition) is 5. The highest BCUT2D eigenvalue weighted by atomic mass is 16.4. The van der Waals surface area contributed by atoms with Crippen LogP contribution in [0.15, 0.2) is 17.4 Å². The number of rotatable bonds is 2. The molecule has 2 unspecified atom stereocenters. The van der Waals surface area contributed by atoms with E-state index in [0.717, 1.165) is 12.5 Å². The molecule has 1 aromatic heterocycles. The maximum Gasteiger partial charge on any atom is 0.226 e. The van der Waals surface area contributed by atoms with Crippen LogP contribution in [0.2, 0.25) is 0 Å². The molecular weight excluding hydrogens is 242 g/mol. The monoisotopic (exact) mass is 261 g/mol. The summed E-state index contributed by atoms with van der Waals surface area (Å²) in [7, 11) is 0. The van der Waals surface area contributed by atoms with Crippen molar-refractivity contribution in [2.24, 2.45) is 16.8 Å². The Hall–Kier alpha value is -1.85. The molecule has 1 aromatic rings. The molecule has 2 fully saturated rings. The molecule has 0 aromatic carbocycles. The first kappa shape index (κ1) is 12.2. The Labute approximate surface area is 112 Å². The zero-order valence-corrected chi connectivity index (χ0v) is 10.9. The number of nitrogens with zero attached hydrogens (tertiary/aromatic N) is 4. The molecule has 1 saturated carbocycles. The van der Waals surface area contributed by atoms with Gasteiger partial charge in [0.1, 0.15) is 5.69 Å². The van der Waals surface area contributed by atoms with Gasteiger partial charge in [0, 0.05) is 18.8 Å². The van der Waals surface area contributed by atoms with E-state index < -0.39 is 0 Å². The molecule has 2 heterocycles. The van der Waals surface area contributed by atoms with Crippen molar-refractivity contribution in [3.8, 4) is 0 Å². The Bertz CT molecular complexity index is 490. The van der Waals surface area contributed by atoms with Gasteiger partial charge in [0.25, 0.3) is 0 Å². The molecule has 1 saturated heterocycles. The number of nitrogens with two attached hydrogens (primary N) is 1. The Morgan fingerprint density at radius 3 is 3.05 bits per heavy atom. The number of anilines is 1. The SMILES string of the molecule is N/C(=N/O)c1ccnc(N2CCCC3CCCC32)n1. The number of hydrogen-bond donors (Lipinski definition) is 2. The van der Waals surface area contributed by atoms with E-state index in [9.17, 15) is 0 Å². The van der Waals surface area contributed by atoms with Crippen molar-refractivity contribution in [3.05, 3.63) is 18.0 Å². The number of fused-ring (bicyclic) bond motifs is 1. The third-order valence-corrected chi connectivity index (χ3v) is 4.26. The highest BCUT2D eigenvalue weighted by Gasteiger charge is 2.36. The Kier molecular flexibility index (Phi) is 3.23. The van der Waals surface area contributed by atoms with E-state index in [4.69, 9.17) is 10.9 Å². The molecular formula is C13H19N5O. The molecule has 3 N–H and O–H groups in total. The number of amidine groups is 1. The molecule has 102 valence electrons. The Morgan fingerprint density at radius 2 is 2.21 bits per heavy atom. The normalized spacial score (nSPS) is 27.4. The average molecular weight is 261 g/mol. The molecule has 19 heavy (non-hydrogen) atoms. The fourth-order valence-corrected chi connectivity index (χ4v) is 3.38. The van der Waals surface area contributed by atoms with E-state index in [1.807, 2.05) is 0 Å². The smallest absolute Gasteiger partial charge is 0.226 e. The highest BCUT2D eigenvalue weighted by Crippen LogP contribution is 2.37. The number of oxime groups is 1. The molecule has 3 rings (SSSR count). The summed E-state index contributed by atoms with van der Waals surface area (Å²) in [6.45, 7) is 1.00. The van der Waals surface area contributed by atoms with Gasteiger partial charge in [0.05, 0.1) is 0 Å². The van der Waals surface area contributed by atoms with Gasteiger partial charge in [0.2, 0.25) is 5.95 Å². The fraction of sp³-hybridized carbons (Fsp3) is 0.615. The zero-order valence-electron chi connectivity index (χ0n) is 10.9. The predicted octanol–water partition coefficient (Wildman–Crippen LogP) is 1.34. The van der Waals surface area contributed by atoms with E-state index in [0.29, 0.717) is 17.7 Å². The molecule has 0 spiro atoms. The summed E-state index contributed by atoms with van der Waals surface area (Å²) in [5.74, 6) is 1.52. The Morgan fingerprint density at radius 1 is 1.37 bits per heavy atom. The van der Waals surface area contributed by atoms with Gasteiger partial charge in [-0.25, -0.2) is 9.97 Å². The first-order chi connectivity index (χ1) is 9.29. The lowest BCUT2D eigenvalue weighted by Gasteiger charge is -2.37. The van der Waals surface area contributed by atoms with Crippen molar-refractivity contribution in [1.82, 2.24) is 9.97 Å². The van der Waals surface area contributed by atoms with Gasteiger partial charge in [0.15, 0.2) is 5.84 Å². The highest BCUT2D eigenvalue weighted by molar-refractivity contribution is 5.95. The molecule has 0 radical (unpaired) electrons. The van der Waals surface area contributed by atoms with Gasteiger partial charge < -0.3 is 15.8 Å². The van der Waals surface area contributed by atoms with Gasteiger partial charge in [-0.3, -0.25) is 0 Å². The number of aromatic nitrogens is 2. The zero-order chi connectivity index (χ0) is 13.2. The van der Waals surface area contributed by atoms with Crippen LogP contribution in [0.3, 0.4) is 0 Å². The van der Waals surface area contributed by atoms with Gasteiger partial charge in [-0.1, -0.05) is 11.6 Å². The molecule has 0 amide bonds. The molecule has 2 aliphatic rings. The summed E-state index contributed by atoms with van der Waals surface area (Å²) in [5, 5.41) is 11.7. The predicted molar refractivity (Wildman–Crippen MR) is 72.3 cm³/mol. The van der Waals surface area contributed by atoms with Crippen LogP contribution in [-0.2, 0) is 0 Å². The van der Waals surface area contributed by atoms with E-state index in [1.54, 1.807) is 12.3 Å². The summed E-state index contributed by atoms with van der Waals surface area (Å²) < 4.78 is 0. The van der Waals surface area contributed by atoms with Crippen molar-refractivity contribution in [2.75, 3.05) is 11.4 Å². The standard InChI is InChI=1S/C13H19N5O/c14-12(17-19)10-6-7-15-13(16-10)18-8-2-4-9-3-1-5-11(9)18/h6-7,9,11,19H,1-5,8H2,(H2,14,17). The molecule has 6 nitrogen and oxygen atoms in total. The first-order valence-corrected chi connectivity index (χ1v) is 6.87. The lowest BCUT2D eigenvalue weighted by Crippen LogP contribution is -2.43. The lowest BCUT2D eigenvalue weighted by atomic mass is 9.92. The van der Waals surface area contributed by atoms with Crippen LogP contribution in [0.1, 0.15) is 37.8 Å². The molecule has 1 aliphatic carbocycles. The second-order valence-corrected chi connectivity index (χ2v) is 5.32. The first-order valence-electron chi connectivity index (χ1n) is 6.87. The summed E-state index contributed by atoms with van der Waals surface area (Å²) in [5.41, 5.74) is 6.07. The van der Waals surface area contributed by atoms with Crippen LogP contribution in [-0.4, -0.2) is 33.6 Å². The van der Waals surface area contributed by atoms with Crippen LogP contribution >= 0.6 is 0 Å². The van der Waals surface area contributed by atoms with Crippen LogP contribution in [0.25, 0.3) is 0 Å². The van der Waals surface area contributed by atoms with Crippen molar-refractivity contribution in [3.63, 3.8) is 0 Å². The quantitative estimate of drug-likeness (QED) is 0.363. The lowest BCUT2D eigenvalue weighted by molar-refractivity contribution is 0.318. The summed E-state index contributed by atoms with van der Waals surface area (Å²) >= 11 is 0. The average Bonchev–Trinajstić information content (AvgIpc) is 2.94. The van der Waals surface area contributed by atoms with Gasteiger partial charge >= 0.3 is 0 Å². The van der Waals surface area contributed by atoms with Crippen LogP contribution < -0.4 is 10.6 Å². The summed E-state index contributed by atoms with van der Waals surface area (Å²) in [6.07, 6.45) is 8.03. The van der Waals surface area contributed by atoms with Crippen molar-refractivity contribution >= 4 is 11.8 Å². The van der Waals surface area contributed by atoms with Crippen LogP contribution in [0, 0.1) is 5.92 Å². The molecule has 0 bridgehead atoms. The Balaban J connectivity index is 1.88. The van der Waals surface area contributed by atoms with Gasteiger partial charge in [-0.05, 0) is 37.7 Å². The van der Waals surface area contributed by atoms with Crippen molar-refractivity contribution in [1.29, 1.82) is 0 Å². The van der Waals surface area contributed by atoms with Crippen LogP contribution in [0.4, 0.5) is 5.95 Å². The molecule has 6 heteroatoms. The summed E-state index contributed by atoms with van der Waals surface area (Å²) in [6, 6.07) is 2.23. The van der Waals surface area contributed by atoms with Crippen molar-refractivity contribution < 1.29 is 5.21 Å². The largest absolute Gasteiger partial charge is 0.409 e. The second kappa shape index (κ2) is 5.03. The van der Waals surface area contributed by atoms with Crippen LogP contribution in [0.5, 0.6) is 0 Å². The van der Waals surface area contributed by atoms with Crippen molar-refractivity contribution in [2.45, 2.75) is 38.1 Å². The number of piperidine rings is 1. The van der Waals surface area contributed by atoms with Gasteiger partial charge in [-0.2, -0.15) is 0 Å². The maximum atomic E-state index is 8.73. The third-order valence-electron chi connectivity index (χ3n) is 4.26. The topological polar surface area (TPSA) is 87.6 Å². The second-order valence-electron chi connectivity index (χ2n) is 5.32. The minimum Gasteiger partial charge on any atom is -0.409 e. The van der Waals surface area contributed by atoms with E-state index >= 15 is 0 Å². The van der Waals surface area contributed by atoms with Gasteiger partial charge in [-0.15, -0.1) is 0 Å². The minimum atomic E-state index is 0.0311. The van der Waals surface area contributed by atoms with E-state index in [1.165, 1.54) is 32.1 Å². The molecule has 1 aliphatic heterocycles. The fourth-order valence-electron chi connectivity index (χ4n) is 3.38. The maximum absolute atomic E-state index is 8.73. The van der Waals surface area contributed by atoms with E-state index in [-0.39, 0.29) is 5.84 Å². The minimum absolute atomic E-state index is 0.0311. The van der Waals surface area contributed by atoms with E-state index in [2.05, 4.69) is 20.0 Å². The molecule has 2 atom stereocenters.